The zero-order valence-electron chi connectivity index (χ0n) is 9.03. The Morgan fingerprint density at radius 3 is 2.94 bits per heavy atom. The summed E-state index contributed by atoms with van der Waals surface area (Å²) >= 11 is 6.11. The molecule has 3 rings (SSSR count). The number of fused-ring (bicyclic) bond motifs is 3. The predicted molar refractivity (Wildman–Crippen MR) is 69.6 cm³/mol. The van der Waals surface area contributed by atoms with Gasteiger partial charge in [-0.3, -0.25) is 0 Å². The average Bonchev–Trinajstić information content (AvgIpc) is 2.79. The Morgan fingerprint density at radius 1 is 1.39 bits per heavy atom. The molecule has 0 unspecified atom stereocenters. The van der Waals surface area contributed by atoms with Crippen molar-refractivity contribution < 1.29 is 0 Å². The van der Waals surface area contributed by atoms with Gasteiger partial charge >= 0.3 is 0 Å². The highest BCUT2D eigenvalue weighted by molar-refractivity contribution is 6.36. The molecule has 0 aliphatic carbocycles. The first-order valence-corrected chi connectivity index (χ1v) is 5.50. The number of para-hydroxylation sites is 1. The first kappa shape index (κ1) is 10.6. The second kappa shape index (κ2) is 3.73. The number of aromatic amines is 1. The molecule has 5 heteroatoms. The molecule has 1 N–H and O–H groups in total. The maximum absolute atomic E-state index is 9.07. The van der Waals surface area contributed by atoms with Crippen molar-refractivity contribution in [3.8, 4) is 6.07 Å². The van der Waals surface area contributed by atoms with E-state index in [9.17, 15) is 0 Å². The molecule has 1 aromatic carbocycles. The summed E-state index contributed by atoms with van der Waals surface area (Å²) in [5.41, 5.74) is 1.75. The molecule has 0 atom stereocenters. The van der Waals surface area contributed by atoms with Crippen molar-refractivity contribution in [2.45, 2.75) is 0 Å². The molecule has 0 spiro atoms. The van der Waals surface area contributed by atoms with Crippen LogP contribution in [0.3, 0.4) is 0 Å². The highest BCUT2D eigenvalue weighted by Crippen LogP contribution is 2.35. The van der Waals surface area contributed by atoms with E-state index >= 15 is 0 Å². The quantitative estimate of drug-likeness (QED) is 0.619. The Bertz CT molecular complexity index is 864. The lowest BCUT2D eigenvalue weighted by atomic mass is 10.1. The monoisotopic (exact) mass is 252 g/mol. The van der Waals surface area contributed by atoms with Gasteiger partial charge in [-0.1, -0.05) is 30.3 Å². The molecule has 18 heavy (non-hydrogen) atoms. The minimum atomic E-state index is 0.275. The third-order valence-electron chi connectivity index (χ3n) is 2.82. The molecule has 0 radical (unpaired) electrons. The number of pyridine rings is 1. The Kier molecular flexibility index (Phi) is 2.19. The fraction of sp³-hybridized carbons (Fsp3) is 0. The van der Waals surface area contributed by atoms with Crippen LogP contribution in [0.1, 0.15) is 5.56 Å². The van der Waals surface area contributed by atoms with E-state index in [-0.39, 0.29) is 5.82 Å². The largest absolute Gasteiger partial charge is 0.360 e. The van der Waals surface area contributed by atoms with Gasteiger partial charge in [0.25, 0.3) is 5.82 Å². The number of benzene rings is 1. The van der Waals surface area contributed by atoms with Crippen LogP contribution in [0.15, 0.2) is 24.4 Å². The summed E-state index contributed by atoms with van der Waals surface area (Å²) in [5.74, 6) is 0.275. The van der Waals surface area contributed by atoms with Gasteiger partial charge in [-0.25, -0.2) is 0 Å². The van der Waals surface area contributed by atoms with Gasteiger partial charge in [-0.2, -0.15) is 5.26 Å². The van der Waals surface area contributed by atoms with Crippen LogP contribution >= 0.6 is 11.6 Å². The molecule has 0 aliphatic rings. The van der Waals surface area contributed by atoms with E-state index in [0.29, 0.717) is 21.5 Å². The zero-order chi connectivity index (χ0) is 12.7. The van der Waals surface area contributed by atoms with Gasteiger partial charge in [0.05, 0.1) is 16.1 Å². The molecule has 0 saturated carbocycles. The molecular formula is C13H5ClN4. The summed E-state index contributed by atoms with van der Waals surface area (Å²) in [7, 11) is 0. The third kappa shape index (κ3) is 1.27. The van der Waals surface area contributed by atoms with Crippen LogP contribution in [-0.2, 0) is 0 Å². The van der Waals surface area contributed by atoms with E-state index in [0.717, 1.165) is 10.9 Å². The number of halogens is 1. The van der Waals surface area contributed by atoms with Crippen molar-refractivity contribution in [1.82, 2.24) is 9.97 Å². The summed E-state index contributed by atoms with van der Waals surface area (Å²) in [6.07, 6.45) is 1.40. The number of nitrogens with one attached hydrogen (secondary N) is 1. The molecule has 0 aliphatic heterocycles. The van der Waals surface area contributed by atoms with Gasteiger partial charge in [0.15, 0.2) is 0 Å². The minimum Gasteiger partial charge on any atom is -0.360 e. The van der Waals surface area contributed by atoms with Gasteiger partial charge < -0.3 is 9.83 Å². The van der Waals surface area contributed by atoms with Gasteiger partial charge in [-0.05, 0) is 6.07 Å². The van der Waals surface area contributed by atoms with Gasteiger partial charge in [-0.15, -0.1) is 4.98 Å². The van der Waals surface area contributed by atoms with Crippen LogP contribution in [0.2, 0.25) is 5.02 Å². The molecule has 0 fully saturated rings. The summed E-state index contributed by atoms with van der Waals surface area (Å²) in [6, 6.07) is 7.49. The lowest BCUT2D eigenvalue weighted by Crippen LogP contribution is -1.81. The highest BCUT2D eigenvalue weighted by atomic mass is 35.5. The van der Waals surface area contributed by atoms with Crippen LogP contribution in [0.25, 0.3) is 26.7 Å². The van der Waals surface area contributed by atoms with Crippen molar-refractivity contribution in [2.75, 3.05) is 0 Å². The fourth-order valence-electron chi connectivity index (χ4n) is 2.04. The maximum Gasteiger partial charge on any atom is 0.279 e. The Morgan fingerprint density at radius 2 is 2.22 bits per heavy atom. The van der Waals surface area contributed by atoms with Crippen LogP contribution in [0.5, 0.6) is 0 Å². The fourth-order valence-corrected chi connectivity index (χ4v) is 2.26. The van der Waals surface area contributed by atoms with Crippen LogP contribution in [0.4, 0.5) is 5.82 Å². The van der Waals surface area contributed by atoms with Crippen molar-refractivity contribution >= 4 is 39.2 Å². The summed E-state index contributed by atoms with van der Waals surface area (Å²) in [4.78, 5) is 10.5. The maximum atomic E-state index is 9.07. The molecule has 0 saturated heterocycles. The molecule has 3 aromatic rings. The van der Waals surface area contributed by atoms with E-state index < -0.39 is 0 Å². The van der Waals surface area contributed by atoms with Crippen molar-refractivity contribution in [3.05, 3.63) is 46.4 Å². The topological polar surface area (TPSA) is 56.8 Å². The van der Waals surface area contributed by atoms with Crippen LogP contribution in [0, 0.1) is 17.9 Å². The zero-order valence-corrected chi connectivity index (χ0v) is 9.78. The Labute approximate surface area is 107 Å². The average molecular weight is 253 g/mol. The smallest absolute Gasteiger partial charge is 0.279 e. The van der Waals surface area contributed by atoms with Crippen LogP contribution in [-0.4, -0.2) is 9.97 Å². The lowest BCUT2D eigenvalue weighted by Gasteiger charge is -1.95. The van der Waals surface area contributed by atoms with E-state index in [4.69, 9.17) is 23.4 Å². The SMILES string of the molecule is [C-]#[N+]c1ncc(C#N)c2[nH]c3c(Cl)cccc3c12. The molecule has 4 nitrogen and oxygen atoms in total. The first-order valence-electron chi connectivity index (χ1n) is 5.12. The molecule has 2 aromatic heterocycles. The normalized spacial score (nSPS) is 10.4. The summed E-state index contributed by atoms with van der Waals surface area (Å²) in [5, 5.41) is 11.1. The van der Waals surface area contributed by atoms with Gasteiger partial charge in [0.1, 0.15) is 17.8 Å². The van der Waals surface area contributed by atoms with E-state index in [1.54, 1.807) is 6.07 Å². The third-order valence-corrected chi connectivity index (χ3v) is 3.13. The highest BCUT2D eigenvalue weighted by Gasteiger charge is 2.15. The molecule has 84 valence electrons. The second-order valence-electron chi connectivity index (χ2n) is 3.76. The predicted octanol–water partition coefficient (Wildman–Crippen LogP) is 3.79. The number of aromatic nitrogens is 2. The number of hydrogen-bond donors (Lipinski definition) is 1. The molecule has 2 heterocycles. The molecule has 0 amide bonds. The summed E-state index contributed by atoms with van der Waals surface area (Å²) in [6.45, 7) is 7.15. The minimum absolute atomic E-state index is 0.275. The van der Waals surface area contributed by atoms with Gasteiger partial charge in [0.2, 0.25) is 0 Å². The second-order valence-corrected chi connectivity index (χ2v) is 4.16. The Hall–Kier alpha value is -2.56. The number of rotatable bonds is 0. The number of nitrogens with zero attached hydrogens (tertiary/aromatic N) is 3. The standard InChI is InChI=1S/C13H5ClN4/c1-16-13-10-8-3-2-4-9(14)12(8)18-11(10)7(5-15)6-17-13/h2-4,6,18H. The van der Waals surface area contributed by atoms with Crippen LogP contribution < -0.4 is 0 Å². The summed E-state index contributed by atoms with van der Waals surface area (Å²) < 4.78 is 0. The van der Waals surface area contributed by atoms with E-state index in [1.807, 2.05) is 12.1 Å². The van der Waals surface area contributed by atoms with Crippen molar-refractivity contribution in [1.29, 1.82) is 5.26 Å². The number of hydrogen-bond acceptors (Lipinski definition) is 2. The number of nitriles is 1. The van der Waals surface area contributed by atoms with Crippen molar-refractivity contribution in [2.24, 2.45) is 0 Å². The first-order chi connectivity index (χ1) is 8.76. The number of H-pyrrole nitrogens is 1. The molecular weight excluding hydrogens is 248 g/mol. The molecule has 0 bridgehead atoms. The van der Waals surface area contributed by atoms with Crippen molar-refractivity contribution in [3.63, 3.8) is 0 Å². The lowest BCUT2D eigenvalue weighted by molar-refractivity contribution is 1.35. The van der Waals surface area contributed by atoms with E-state index in [1.165, 1.54) is 6.20 Å². The van der Waals surface area contributed by atoms with Gasteiger partial charge in [0, 0.05) is 10.8 Å². The van der Waals surface area contributed by atoms with E-state index in [2.05, 4.69) is 20.9 Å². The Balaban J connectivity index is 2.66.